The molecule has 0 N–H and O–H groups in total. The van der Waals surface area contributed by atoms with Crippen molar-refractivity contribution in [2.24, 2.45) is 0 Å². The van der Waals surface area contributed by atoms with Gasteiger partial charge in [-0.05, 0) is 52.1 Å². The number of fused-ring (bicyclic) bond motifs is 3. The smallest absolute Gasteiger partial charge is 0.254 e. The number of benzene rings is 5. The van der Waals surface area contributed by atoms with E-state index < -0.39 is 5.41 Å². The van der Waals surface area contributed by atoms with E-state index in [0.29, 0.717) is 6.54 Å². The van der Waals surface area contributed by atoms with Crippen LogP contribution in [0.3, 0.4) is 0 Å². The Morgan fingerprint density at radius 2 is 1.14 bits per heavy atom. The van der Waals surface area contributed by atoms with Crippen LogP contribution in [-0.2, 0) is 12.0 Å². The Kier molecular flexibility index (Phi) is 4.80. The SMILES string of the molecule is CN1Cc2ccc(N3c4ccccc4C(c4ccccc4)(c4ccccc4)c4ccccc43)cc2C1=O. The first-order valence-electron chi connectivity index (χ1n) is 12.7. The molecular formula is C34H26N2O. The van der Waals surface area contributed by atoms with Crippen LogP contribution >= 0.6 is 0 Å². The predicted molar refractivity (Wildman–Crippen MR) is 149 cm³/mol. The average molecular weight is 479 g/mol. The zero-order chi connectivity index (χ0) is 25.0. The number of rotatable bonds is 3. The van der Waals surface area contributed by atoms with E-state index in [1.807, 2.05) is 7.05 Å². The fraction of sp³-hybridized carbons (Fsp3) is 0.0882. The Morgan fingerprint density at radius 1 is 0.622 bits per heavy atom. The molecule has 7 rings (SSSR count). The highest BCUT2D eigenvalue weighted by Gasteiger charge is 2.46. The van der Waals surface area contributed by atoms with Gasteiger partial charge in [-0.2, -0.15) is 0 Å². The van der Waals surface area contributed by atoms with Crippen LogP contribution in [-0.4, -0.2) is 17.9 Å². The van der Waals surface area contributed by atoms with E-state index in [-0.39, 0.29) is 5.91 Å². The second kappa shape index (κ2) is 8.21. The summed E-state index contributed by atoms with van der Waals surface area (Å²) in [5.41, 5.74) is 9.51. The maximum atomic E-state index is 12.9. The number of hydrogen-bond acceptors (Lipinski definition) is 2. The molecule has 0 unspecified atom stereocenters. The van der Waals surface area contributed by atoms with Gasteiger partial charge in [0, 0.05) is 24.8 Å². The molecule has 178 valence electrons. The average Bonchev–Trinajstić information content (AvgIpc) is 3.25. The second-order valence-corrected chi connectivity index (χ2v) is 9.85. The lowest BCUT2D eigenvalue weighted by Crippen LogP contribution is -2.37. The highest BCUT2D eigenvalue weighted by Crippen LogP contribution is 2.57. The van der Waals surface area contributed by atoms with Crippen LogP contribution in [0.25, 0.3) is 0 Å². The van der Waals surface area contributed by atoms with Gasteiger partial charge in [0.1, 0.15) is 0 Å². The topological polar surface area (TPSA) is 23.6 Å². The zero-order valence-corrected chi connectivity index (χ0v) is 20.6. The summed E-state index contributed by atoms with van der Waals surface area (Å²) in [4.78, 5) is 17.0. The van der Waals surface area contributed by atoms with Gasteiger partial charge in [0.05, 0.1) is 16.8 Å². The third-order valence-corrected chi connectivity index (χ3v) is 7.85. The number of amides is 1. The first kappa shape index (κ1) is 21.6. The van der Waals surface area contributed by atoms with Crippen molar-refractivity contribution in [3.8, 4) is 0 Å². The maximum absolute atomic E-state index is 12.9. The van der Waals surface area contributed by atoms with Crippen molar-refractivity contribution in [1.29, 1.82) is 0 Å². The summed E-state index contributed by atoms with van der Waals surface area (Å²) in [5, 5.41) is 0. The van der Waals surface area contributed by atoms with Gasteiger partial charge in [0.15, 0.2) is 0 Å². The minimum absolute atomic E-state index is 0.0818. The van der Waals surface area contributed by atoms with E-state index in [9.17, 15) is 4.79 Å². The summed E-state index contributed by atoms with van der Waals surface area (Å²) in [7, 11) is 1.86. The number of nitrogens with zero attached hydrogens (tertiary/aromatic N) is 2. The van der Waals surface area contributed by atoms with Crippen LogP contribution in [0, 0.1) is 0 Å². The summed E-state index contributed by atoms with van der Waals surface area (Å²) in [6, 6.07) is 45.3. The molecule has 0 atom stereocenters. The molecule has 0 spiro atoms. The molecule has 0 saturated carbocycles. The molecule has 0 saturated heterocycles. The summed E-state index contributed by atoms with van der Waals surface area (Å²) in [6.07, 6.45) is 0. The van der Waals surface area contributed by atoms with E-state index >= 15 is 0 Å². The molecule has 0 aromatic heterocycles. The van der Waals surface area contributed by atoms with Crippen molar-refractivity contribution in [2.45, 2.75) is 12.0 Å². The number of carbonyl (C=O) groups is 1. The lowest BCUT2D eigenvalue weighted by Gasteiger charge is -2.46. The van der Waals surface area contributed by atoms with Gasteiger partial charge in [-0.25, -0.2) is 0 Å². The van der Waals surface area contributed by atoms with Gasteiger partial charge < -0.3 is 9.80 Å². The standard InChI is InChI=1S/C34H26N2O/c1-35-23-24-20-21-27(22-28(24)33(35)37)36-31-18-10-8-16-29(31)34(25-12-4-2-5-13-25,26-14-6-3-7-15-26)30-17-9-11-19-32(30)36/h2-22H,23H2,1H3. The predicted octanol–water partition coefficient (Wildman–Crippen LogP) is 7.44. The second-order valence-electron chi connectivity index (χ2n) is 9.85. The monoisotopic (exact) mass is 478 g/mol. The number of anilines is 3. The molecular weight excluding hydrogens is 452 g/mol. The Bertz CT molecular complexity index is 1550. The third kappa shape index (κ3) is 3.04. The first-order valence-corrected chi connectivity index (χ1v) is 12.7. The molecule has 5 aromatic carbocycles. The van der Waals surface area contributed by atoms with Crippen molar-refractivity contribution in [3.05, 3.63) is 161 Å². The van der Waals surface area contributed by atoms with E-state index in [4.69, 9.17) is 0 Å². The number of para-hydroxylation sites is 2. The van der Waals surface area contributed by atoms with E-state index in [2.05, 4.69) is 132 Å². The van der Waals surface area contributed by atoms with Crippen LogP contribution in [0.15, 0.2) is 127 Å². The molecule has 0 aliphatic carbocycles. The lowest BCUT2D eigenvalue weighted by molar-refractivity contribution is 0.0816. The molecule has 0 radical (unpaired) electrons. The Balaban J connectivity index is 1.56. The first-order chi connectivity index (χ1) is 18.2. The molecule has 2 heterocycles. The molecule has 37 heavy (non-hydrogen) atoms. The number of carbonyl (C=O) groups excluding carboxylic acids is 1. The minimum atomic E-state index is -0.487. The largest absolute Gasteiger partial charge is 0.337 e. The van der Waals surface area contributed by atoms with Crippen LogP contribution in [0.1, 0.15) is 38.2 Å². The fourth-order valence-electron chi connectivity index (χ4n) is 6.26. The summed E-state index contributed by atoms with van der Waals surface area (Å²) >= 11 is 0. The Labute approximate surface area is 217 Å². The molecule has 2 aliphatic rings. The van der Waals surface area contributed by atoms with Gasteiger partial charge >= 0.3 is 0 Å². The van der Waals surface area contributed by atoms with Crippen molar-refractivity contribution in [1.82, 2.24) is 4.90 Å². The number of hydrogen-bond donors (Lipinski definition) is 0. The van der Waals surface area contributed by atoms with Gasteiger partial charge in [0.2, 0.25) is 0 Å². The Hall–Kier alpha value is -4.63. The zero-order valence-electron chi connectivity index (χ0n) is 20.6. The quantitative estimate of drug-likeness (QED) is 0.264. The third-order valence-electron chi connectivity index (χ3n) is 7.85. The van der Waals surface area contributed by atoms with Crippen LogP contribution in [0.4, 0.5) is 17.1 Å². The lowest BCUT2D eigenvalue weighted by atomic mass is 9.62. The van der Waals surface area contributed by atoms with Gasteiger partial charge in [-0.3, -0.25) is 4.79 Å². The van der Waals surface area contributed by atoms with Crippen molar-refractivity contribution in [3.63, 3.8) is 0 Å². The molecule has 0 fully saturated rings. The molecule has 3 nitrogen and oxygen atoms in total. The van der Waals surface area contributed by atoms with Gasteiger partial charge in [-0.15, -0.1) is 0 Å². The normalized spacial score (nSPS) is 15.2. The summed E-state index contributed by atoms with van der Waals surface area (Å²) < 4.78 is 0. The molecule has 0 bridgehead atoms. The van der Waals surface area contributed by atoms with Crippen LogP contribution < -0.4 is 4.90 Å². The van der Waals surface area contributed by atoms with Crippen molar-refractivity contribution in [2.75, 3.05) is 11.9 Å². The fourth-order valence-corrected chi connectivity index (χ4v) is 6.26. The molecule has 3 heteroatoms. The highest BCUT2D eigenvalue weighted by molar-refractivity contribution is 6.00. The van der Waals surface area contributed by atoms with Crippen LogP contribution in [0.5, 0.6) is 0 Å². The Morgan fingerprint density at radius 3 is 1.70 bits per heavy atom. The van der Waals surface area contributed by atoms with Crippen molar-refractivity contribution >= 4 is 23.0 Å². The van der Waals surface area contributed by atoms with Gasteiger partial charge in [-0.1, -0.05) is 103 Å². The summed E-state index contributed by atoms with van der Waals surface area (Å²) in [5.74, 6) is 0.0818. The minimum Gasteiger partial charge on any atom is -0.337 e. The molecule has 2 aliphatic heterocycles. The van der Waals surface area contributed by atoms with Gasteiger partial charge in [0.25, 0.3) is 5.91 Å². The van der Waals surface area contributed by atoms with E-state index in [1.165, 1.54) is 22.3 Å². The van der Waals surface area contributed by atoms with E-state index in [1.54, 1.807) is 4.90 Å². The molecule has 1 amide bonds. The summed E-state index contributed by atoms with van der Waals surface area (Å²) in [6.45, 7) is 0.659. The molecule has 5 aromatic rings. The highest BCUT2D eigenvalue weighted by atomic mass is 16.2. The van der Waals surface area contributed by atoms with Crippen LogP contribution in [0.2, 0.25) is 0 Å². The van der Waals surface area contributed by atoms with E-state index in [0.717, 1.165) is 28.2 Å². The van der Waals surface area contributed by atoms with Crippen molar-refractivity contribution < 1.29 is 4.79 Å². The maximum Gasteiger partial charge on any atom is 0.254 e.